The lowest BCUT2D eigenvalue weighted by Gasteiger charge is -2.35. The minimum Gasteiger partial charge on any atom is -0.338 e. The highest BCUT2D eigenvalue weighted by molar-refractivity contribution is 6.30. The van der Waals surface area contributed by atoms with Crippen LogP contribution in [0, 0.1) is 0 Å². The molecular formula is C16H20ClN3O2. The Morgan fingerprint density at radius 2 is 1.77 bits per heavy atom. The van der Waals surface area contributed by atoms with Crippen molar-refractivity contribution in [3.63, 3.8) is 0 Å². The molecule has 0 N–H and O–H groups in total. The lowest BCUT2D eigenvalue weighted by Crippen LogP contribution is -2.53. The Bertz CT molecular complexity index is 567. The van der Waals surface area contributed by atoms with Crippen molar-refractivity contribution in [3.05, 3.63) is 29.3 Å². The maximum absolute atomic E-state index is 12.8. The van der Waals surface area contributed by atoms with Crippen molar-refractivity contribution >= 4 is 29.1 Å². The van der Waals surface area contributed by atoms with E-state index in [1.807, 2.05) is 4.90 Å². The molecule has 0 spiro atoms. The van der Waals surface area contributed by atoms with E-state index in [1.165, 1.54) is 0 Å². The first-order valence-corrected chi connectivity index (χ1v) is 7.99. The number of carbonyl (C=O) groups is 2. The molecule has 2 fully saturated rings. The highest BCUT2D eigenvalue weighted by Crippen LogP contribution is 2.29. The van der Waals surface area contributed by atoms with Crippen molar-refractivity contribution in [2.75, 3.05) is 38.1 Å². The number of halogens is 1. The number of hydrogen-bond donors (Lipinski definition) is 0. The van der Waals surface area contributed by atoms with E-state index >= 15 is 0 Å². The van der Waals surface area contributed by atoms with E-state index in [1.54, 1.807) is 29.2 Å². The highest BCUT2D eigenvalue weighted by atomic mass is 35.5. The highest BCUT2D eigenvalue weighted by Gasteiger charge is 2.39. The Kier molecular flexibility index (Phi) is 4.36. The van der Waals surface area contributed by atoms with E-state index in [-0.39, 0.29) is 17.9 Å². The van der Waals surface area contributed by atoms with Crippen molar-refractivity contribution in [3.8, 4) is 0 Å². The maximum atomic E-state index is 12.8. The normalized spacial score (nSPS) is 23.2. The van der Waals surface area contributed by atoms with Gasteiger partial charge in [0.2, 0.25) is 11.8 Å². The first-order valence-electron chi connectivity index (χ1n) is 7.61. The second kappa shape index (κ2) is 6.26. The second-order valence-electron chi connectivity index (χ2n) is 5.92. The SMILES string of the molecule is CN1CCN(C(=O)C2CCC(=O)N2c2ccc(Cl)cc2)CC1. The Labute approximate surface area is 135 Å². The number of carbonyl (C=O) groups excluding carboxylic acids is 2. The van der Waals surface area contributed by atoms with E-state index in [2.05, 4.69) is 11.9 Å². The van der Waals surface area contributed by atoms with E-state index in [9.17, 15) is 9.59 Å². The lowest BCUT2D eigenvalue weighted by atomic mass is 10.1. The average Bonchev–Trinajstić information content (AvgIpc) is 2.90. The predicted molar refractivity (Wildman–Crippen MR) is 86.0 cm³/mol. The second-order valence-corrected chi connectivity index (χ2v) is 6.36. The largest absolute Gasteiger partial charge is 0.338 e. The summed E-state index contributed by atoms with van der Waals surface area (Å²) < 4.78 is 0. The number of hydrogen-bond acceptors (Lipinski definition) is 3. The van der Waals surface area contributed by atoms with Gasteiger partial charge in [0.05, 0.1) is 0 Å². The third-order valence-electron chi connectivity index (χ3n) is 4.42. The molecule has 6 heteroatoms. The third-order valence-corrected chi connectivity index (χ3v) is 4.67. The number of anilines is 1. The molecule has 1 aromatic carbocycles. The van der Waals surface area contributed by atoms with Crippen LogP contribution >= 0.6 is 11.6 Å². The Hall–Kier alpha value is -1.59. The summed E-state index contributed by atoms with van der Waals surface area (Å²) in [6, 6.07) is 6.72. The van der Waals surface area contributed by atoms with Crippen LogP contribution in [0.15, 0.2) is 24.3 Å². The van der Waals surface area contributed by atoms with Gasteiger partial charge in [-0.3, -0.25) is 14.5 Å². The van der Waals surface area contributed by atoms with Gasteiger partial charge in [0, 0.05) is 43.3 Å². The zero-order valence-corrected chi connectivity index (χ0v) is 13.4. The standard InChI is InChI=1S/C16H20ClN3O2/c1-18-8-10-19(11-9-18)16(22)14-6-7-15(21)20(14)13-4-2-12(17)3-5-13/h2-5,14H,6-11H2,1H3. The molecule has 0 bridgehead atoms. The molecule has 118 valence electrons. The molecule has 22 heavy (non-hydrogen) atoms. The molecule has 5 nitrogen and oxygen atoms in total. The van der Waals surface area contributed by atoms with E-state index in [0.717, 1.165) is 31.9 Å². The molecule has 0 radical (unpaired) electrons. The summed E-state index contributed by atoms with van der Waals surface area (Å²) in [5, 5.41) is 0.623. The van der Waals surface area contributed by atoms with Crippen LogP contribution in [0.2, 0.25) is 5.02 Å². The van der Waals surface area contributed by atoms with E-state index in [0.29, 0.717) is 17.9 Å². The summed E-state index contributed by atoms with van der Waals surface area (Å²) in [6.45, 7) is 3.23. The lowest BCUT2D eigenvalue weighted by molar-refractivity contribution is -0.134. The Morgan fingerprint density at radius 1 is 1.14 bits per heavy atom. The fraction of sp³-hybridized carbons (Fsp3) is 0.500. The monoisotopic (exact) mass is 321 g/mol. The van der Waals surface area contributed by atoms with Gasteiger partial charge < -0.3 is 9.80 Å². The van der Waals surface area contributed by atoms with Crippen LogP contribution in [0.4, 0.5) is 5.69 Å². The molecule has 3 rings (SSSR count). The van der Waals surface area contributed by atoms with E-state index in [4.69, 9.17) is 11.6 Å². The molecule has 2 amide bonds. The van der Waals surface area contributed by atoms with Crippen LogP contribution < -0.4 is 4.90 Å². The summed E-state index contributed by atoms with van der Waals surface area (Å²) in [7, 11) is 2.06. The van der Waals surface area contributed by atoms with Gasteiger partial charge in [-0.25, -0.2) is 0 Å². The van der Waals surface area contributed by atoms with Gasteiger partial charge in [-0.2, -0.15) is 0 Å². The maximum Gasteiger partial charge on any atom is 0.245 e. The fourth-order valence-corrected chi connectivity index (χ4v) is 3.21. The van der Waals surface area contributed by atoms with Crippen molar-refractivity contribution in [2.24, 2.45) is 0 Å². The smallest absolute Gasteiger partial charge is 0.245 e. The molecule has 0 aliphatic carbocycles. The predicted octanol–water partition coefficient (Wildman–Crippen LogP) is 1.61. The zero-order chi connectivity index (χ0) is 15.7. The molecule has 2 heterocycles. The first-order chi connectivity index (χ1) is 10.6. The molecule has 1 atom stereocenters. The summed E-state index contributed by atoms with van der Waals surface area (Å²) in [5.74, 6) is 0.0729. The molecule has 2 saturated heterocycles. The van der Waals surface area contributed by atoms with Crippen LogP contribution in [-0.2, 0) is 9.59 Å². The number of likely N-dealkylation sites (N-methyl/N-ethyl adjacent to an activating group) is 1. The van der Waals surface area contributed by atoms with Crippen molar-refractivity contribution in [1.29, 1.82) is 0 Å². The molecule has 0 saturated carbocycles. The van der Waals surface area contributed by atoms with Crippen LogP contribution in [0.3, 0.4) is 0 Å². The average molecular weight is 322 g/mol. The minimum absolute atomic E-state index is 0.00907. The van der Waals surface area contributed by atoms with Crippen LogP contribution in [-0.4, -0.2) is 60.9 Å². The van der Waals surface area contributed by atoms with Gasteiger partial charge in [0.15, 0.2) is 0 Å². The molecule has 1 unspecified atom stereocenters. The van der Waals surface area contributed by atoms with Crippen LogP contribution in [0.1, 0.15) is 12.8 Å². The third kappa shape index (κ3) is 2.96. The van der Waals surface area contributed by atoms with Crippen molar-refractivity contribution in [2.45, 2.75) is 18.9 Å². The topological polar surface area (TPSA) is 43.9 Å². The molecule has 2 aliphatic heterocycles. The van der Waals surface area contributed by atoms with Crippen molar-refractivity contribution in [1.82, 2.24) is 9.80 Å². The number of nitrogens with zero attached hydrogens (tertiary/aromatic N) is 3. The van der Waals surface area contributed by atoms with Crippen molar-refractivity contribution < 1.29 is 9.59 Å². The summed E-state index contributed by atoms with van der Waals surface area (Å²) in [6.07, 6.45) is 1.01. The van der Waals surface area contributed by atoms with Gasteiger partial charge in [-0.1, -0.05) is 11.6 Å². The minimum atomic E-state index is -0.378. The van der Waals surface area contributed by atoms with Crippen LogP contribution in [0.5, 0.6) is 0 Å². The first kappa shape index (κ1) is 15.3. The van der Waals surface area contributed by atoms with Gasteiger partial charge in [-0.15, -0.1) is 0 Å². The van der Waals surface area contributed by atoms with Gasteiger partial charge in [-0.05, 0) is 37.7 Å². The number of rotatable bonds is 2. The molecule has 1 aromatic rings. The van der Waals surface area contributed by atoms with Gasteiger partial charge in [0.1, 0.15) is 6.04 Å². The van der Waals surface area contributed by atoms with Gasteiger partial charge in [0.25, 0.3) is 0 Å². The molecule has 2 aliphatic rings. The number of amides is 2. The quantitative estimate of drug-likeness (QED) is 0.831. The summed E-state index contributed by atoms with van der Waals surface area (Å²) in [4.78, 5) is 30.7. The molecule has 0 aromatic heterocycles. The zero-order valence-electron chi connectivity index (χ0n) is 12.7. The number of benzene rings is 1. The summed E-state index contributed by atoms with van der Waals surface area (Å²) >= 11 is 5.91. The fourth-order valence-electron chi connectivity index (χ4n) is 3.08. The Balaban J connectivity index is 1.78. The van der Waals surface area contributed by atoms with E-state index < -0.39 is 0 Å². The molecular weight excluding hydrogens is 302 g/mol. The summed E-state index contributed by atoms with van der Waals surface area (Å²) in [5.41, 5.74) is 0.749. The Morgan fingerprint density at radius 3 is 2.41 bits per heavy atom. The van der Waals surface area contributed by atoms with Gasteiger partial charge >= 0.3 is 0 Å². The number of piperazine rings is 1. The van der Waals surface area contributed by atoms with Crippen LogP contribution in [0.25, 0.3) is 0 Å².